The molecule has 16 heavy (non-hydrogen) atoms. The van der Waals surface area contributed by atoms with E-state index >= 15 is 0 Å². The molecule has 0 aromatic rings. The van der Waals surface area contributed by atoms with Crippen molar-refractivity contribution in [3.63, 3.8) is 0 Å². The summed E-state index contributed by atoms with van der Waals surface area (Å²) < 4.78 is 0.544. The van der Waals surface area contributed by atoms with Gasteiger partial charge in [-0.2, -0.15) is 11.8 Å². The lowest BCUT2D eigenvalue weighted by molar-refractivity contribution is 0.116. The van der Waals surface area contributed by atoms with Crippen molar-refractivity contribution in [1.29, 1.82) is 0 Å². The fourth-order valence-corrected chi connectivity index (χ4v) is 5.23. The van der Waals surface area contributed by atoms with Gasteiger partial charge in [0, 0.05) is 29.4 Å². The van der Waals surface area contributed by atoms with Crippen LogP contribution in [0.5, 0.6) is 0 Å². The van der Waals surface area contributed by atoms with E-state index in [4.69, 9.17) is 5.73 Å². The Morgan fingerprint density at radius 2 is 2.00 bits per heavy atom. The van der Waals surface area contributed by atoms with Crippen LogP contribution in [-0.4, -0.2) is 40.1 Å². The minimum Gasteiger partial charge on any atom is -0.328 e. The Bertz CT molecular complexity index is 249. The van der Waals surface area contributed by atoms with Crippen molar-refractivity contribution in [1.82, 2.24) is 4.90 Å². The van der Waals surface area contributed by atoms with Crippen molar-refractivity contribution in [2.75, 3.05) is 12.3 Å². The molecule has 0 aromatic heterocycles. The fraction of sp³-hybridized carbons (Fsp3) is 1.00. The highest BCUT2D eigenvalue weighted by molar-refractivity contribution is 8.00. The topological polar surface area (TPSA) is 29.3 Å². The van der Waals surface area contributed by atoms with E-state index in [9.17, 15) is 0 Å². The SMILES string of the molecule is CC1(CN2C3CCC2CC(N)C3)CCCS1. The average Bonchev–Trinajstić information content (AvgIpc) is 2.72. The maximum absolute atomic E-state index is 6.13. The summed E-state index contributed by atoms with van der Waals surface area (Å²) in [5.74, 6) is 1.37. The predicted octanol–water partition coefficient (Wildman–Crippen LogP) is 2.23. The number of fused-ring (bicyclic) bond motifs is 2. The molecule has 0 saturated carbocycles. The molecule has 3 unspecified atom stereocenters. The second kappa shape index (κ2) is 4.18. The molecule has 3 heterocycles. The van der Waals surface area contributed by atoms with Crippen LogP contribution in [-0.2, 0) is 0 Å². The monoisotopic (exact) mass is 240 g/mol. The third-order valence-electron chi connectivity index (χ3n) is 4.74. The molecule has 0 radical (unpaired) electrons. The third kappa shape index (κ3) is 2.02. The van der Waals surface area contributed by atoms with Crippen molar-refractivity contribution >= 4 is 11.8 Å². The molecular weight excluding hydrogens is 216 g/mol. The number of hydrogen-bond donors (Lipinski definition) is 1. The Balaban J connectivity index is 1.67. The molecule has 3 rings (SSSR count). The smallest absolute Gasteiger partial charge is 0.0259 e. The molecule has 2 N–H and O–H groups in total. The van der Waals surface area contributed by atoms with Crippen molar-refractivity contribution < 1.29 is 0 Å². The maximum Gasteiger partial charge on any atom is 0.0259 e. The average molecular weight is 240 g/mol. The van der Waals surface area contributed by atoms with E-state index in [-0.39, 0.29) is 0 Å². The molecule has 3 atom stereocenters. The first-order valence-electron chi connectivity index (χ1n) is 6.82. The Morgan fingerprint density at radius 1 is 1.31 bits per heavy atom. The molecule has 3 fully saturated rings. The van der Waals surface area contributed by atoms with Crippen LogP contribution in [0.1, 0.15) is 45.4 Å². The Hall–Kier alpha value is 0.270. The quantitative estimate of drug-likeness (QED) is 0.802. The molecule has 0 amide bonds. The molecule has 3 saturated heterocycles. The Labute approximate surface area is 103 Å². The molecule has 0 aliphatic carbocycles. The van der Waals surface area contributed by atoms with Gasteiger partial charge in [0.25, 0.3) is 0 Å². The van der Waals surface area contributed by atoms with E-state index in [0.29, 0.717) is 10.8 Å². The predicted molar refractivity (Wildman–Crippen MR) is 70.8 cm³/mol. The first-order chi connectivity index (χ1) is 7.66. The van der Waals surface area contributed by atoms with E-state index in [1.807, 2.05) is 0 Å². The van der Waals surface area contributed by atoms with Crippen LogP contribution in [0, 0.1) is 0 Å². The molecule has 3 heteroatoms. The number of hydrogen-bond acceptors (Lipinski definition) is 3. The maximum atomic E-state index is 6.13. The molecule has 92 valence electrons. The Kier molecular flexibility index (Phi) is 2.97. The number of thioether (sulfide) groups is 1. The summed E-state index contributed by atoms with van der Waals surface area (Å²) in [6.45, 7) is 3.79. The second-order valence-electron chi connectivity index (χ2n) is 6.19. The summed E-state index contributed by atoms with van der Waals surface area (Å²) in [7, 11) is 0. The second-order valence-corrected chi connectivity index (χ2v) is 7.87. The molecule has 3 aliphatic rings. The van der Waals surface area contributed by atoms with Gasteiger partial charge in [0.1, 0.15) is 0 Å². The van der Waals surface area contributed by atoms with Crippen molar-refractivity contribution in [2.45, 2.75) is 68.3 Å². The highest BCUT2D eigenvalue weighted by atomic mass is 32.2. The van der Waals surface area contributed by atoms with Gasteiger partial charge in [0.2, 0.25) is 0 Å². The van der Waals surface area contributed by atoms with Gasteiger partial charge in [-0.25, -0.2) is 0 Å². The fourth-order valence-electron chi connectivity index (χ4n) is 3.92. The van der Waals surface area contributed by atoms with Crippen LogP contribution in [0.3, 0.4) is 0 Å². The van der Waals surface area contributed by atoms with Crippen molar-refractivity contribution in [3.8, 4) is 0 Å². The molecule has 0 spiro atoms. The van der Waals surface area contributed by atoms with Gasteiger partial charge in [-0.15, -0.1) is 0 Å². The van der Waals surface area contributed by atoms with Gasteiger partial charge in [-0.1, -0.05) is 0 Å². The van der Waals surface area contributed by atoms with Gasteiger partial charge < -0.3 is 5.73 Å². The number of nitrogens with zero attached hydrogens (tertiary/aromatic N) is 1. The first kappa shape index (κ1) is 11.4. The van der Waals surface area contributed by atoms with Crippen LogP contribution in [0.15, 0.2) is 0 Å². The summed E-state index contributed by atoms with van der Waals surface area (Å²) in [6.07, 6.45) is 8.14. The van der Waals surface area contributed by atoms with Gasteiger partial charge in [0.15, 0.2) is 0 Å². The van der Waals surface area contributed by atoms with Gasteiger partial charge >= 0.3 is 0 Å². The zero-order valence-electron chi connectivity index (χ0n) is 10.3. The van der Waals surface area contributed by atoms with Crippen LogP contribution >= 0.6 is 11.8 Å². The lowest BCUT2D eigenvalue weighted by Crippen LogP contribution is -2.51. The highest BCUT2D eigenvalue weighted by Crippen LogP contribution is 2.43. The zero-order chi connectivity index (χ0) is 11.2. The molecule has 2 nitrogen and oxygen atoms in total. The summed E-state index contributed by atoms with van der Waals surface area (Å²) in [6, 6.07) is 2.11. The molecule has 3 aliphatic heterocycles. The molecule has 0 aromatic carbocycles. The summed E-state index contributed by atoms with van der Waals surface area (Å²) in [4.78, 5) is 2.81. The van der Waals surface area contributed by atoms with Crippen molar-refractivity contribution in [2.24, 2.45) is 5.73 Å². The summed E-state index contributed by atoms with van der Waals surface area (Å²) >= 11 is 2.20. The Morgan fingerprint density at radius 3 is 2.56 bits per heavy atom. The largest absolute Gasteiger partial charge is 0.328 e. The first-order valence-corrected chi connectivity index (χ1v) is 7.80. The van der Waals surface area contributed by atoms with Crippen molar-refractivity contribution in [3.05, 3.63) is 0 Å². The van der Waals surface area contributed by atoms with E-state index in [0.717, 1.165) is 12.1 Å². The molecule has 2 bridgehead atoms. The van der Waals surface area contributed by atoms with Crippen LogP contribution in [0.4, 0.5) is 0 Å². The summed E-state index contributed by atoms with van der Waals surface area (Å²) in [5, 5.41) is 0. The van der Waals surface area contributed by atoms with E-state index in [2.05, 4.69) is 23.6 Å². The van der Waals surface area contributed by atoms with Crippen LogP contribution in [0.2, 0.25) is 0 Å². The lowest BCUT2D eigenvalue weighted by atomic mass is 9.95. The van der Waals surface area contributed by atoms with Crippen LogP contribution < -0.4 is 5.73 Å². The third-order valence-corrected chi connectivity index (χ3v) is 6.26. The number of rotatable bonds is 2. The summed E-state index contributed by atoms with van der Waals surface area (Å²) in [5.41, 5.74) is 6.13. The number of nitrogens with two attached hydrogens (primary N) is 1. The lowest BCUT2D eigenvalue weighted by Gasteiger charge is -2.41. The normalized spacial score (nSPS) is 48.8. The van der Waals surface area contributed by atoms with Gasteiger partial charge in [0.05, 0.1) is 0 Å². The minimum atomic E-state index is 0.484. The standard InChI is InChI=1S/C13H24N2S/c1-13(5-2-6-16-13)9-15-11-3-4-12(15)8-10(14)7-11/h10-12H,2-9,14H2,1H3. The van der Waals surface area contributed by atoms with E-state index < -0.39 is 0 Å². The zero-order valence-corrected chi connectivity index (χ0v) is 11.1. The van der Waals surface area contributed by atoms with Gasteiger partial charge in [-0.05, 0) is 51.2 Å². The van der Waals surface area contributed by atoms with Crippen LogP contribution in [0.25, 0.3) is 0 Å². The van der Waals surface area contributed by atoms with E-state index in [1.165, 1.54) is 50.8 Å². The highest BCUT2D eigenvalue weighted by Gasteiger charge is 2.43. The molecular formula is C13H24N2S. The van der Waals surface area contributed by atoms with Gasteiger partial charge in [-0.3, -0.25) is 4.90 Å². The van der Waals surface area contributed by atoms with E-state index in [1.54, 1.807) is 0 Å². The minimum absolute atomic E-state index is 0.484. The number of piperidine rings is 1.